The Morgan fingerprint density at radius 3 is 2.48 bits per heavy atom. The summed E-state index contributed by atoms with van der Waals surface area (Å²) in [5.74, 6) is 0.126. The minimum atomic E-state index is -3.75. The Balaban J connectivity index is 1.52. The summed E-state index contributed by atoms with van der Waals surface area (Å²) in [6.45, 7) is 3.08. The van der Waals surface area contributed by atoms with Gasteiger partial charge in [-0.3, -0.25) is 14.3 Å². The van der Waals surface area contributed by atoms with Crippen molar-refractivity contribution in [1.82, 2.24) is 0 Å². The van der Waals surface area contributed by atoms with E-state index in [2.05, 4.69) is 4.72 Å². The molecular weight excluding hydrogens is 390 g/mol. The van der Waals surface area contributed by atoms with Crippen LogP contribution in [0.4, 0.5) is 17.1 Å². The van der Waals surface area contributed by atoms with Crippen LogP contribution in [0, 0.1) is 0 Å². The second-order valence-electron chi connectivity index (χ2n) is 7.24. The normalized spacial score (nSPS) is 16.2. The maximum atomic E-state index is 12.8. The van der Waals surface area contributed by atoms with Crippen LogP contribution in [-0.4, -0.2) is 33.3 Å². The molecule has 2 aromatic carbocycles. The van der Waals surface area contributed by atoms with Crippen LogP contribution in [-0.2, 0) is 26.0 Å². The molecule has 0 atom stereocenters. The monoisotopic (exact) mass is 413 g/mol. The summed E-state index contributed by atoms with van der Waals surface area (Å²) < 4.78 is 28.2. The van der Waals surface area contributed by atoms with Crippen LogP contribution in [0.2, 0.25) is 0 Å². The molecular formula is C21H23N3O4S. The van der Waals surface area contributed by atoms with E-state index in [0.29, 0.717) is 38.0 Å². The maximum Gasteiger partial charge on any atom is 0.261 e. The third-order valence-corrected chi connectivity index (χ3v) is 6.74. The second-order valence-corrected chi connectivity index (χ2v) is 8.92. The number of nitrogens with zero attached hydrogens (tertiary/aromatic N) is 2. The van der Waals surface area contributed by atoms with Gasteiger partial charge in [-0.1, -0.05) is 6.92 Å². The molecule has 0 aromatic heterocycles. The Morgan fingerprint density at radius 1 is 1.07 bits per heavy atom. The van der Waals surface area contributed by atoms with Crippen LogP contribution in [0.1, 0.15) is 31.7 Å². The van der Waals surface area contributed by atoms with Gasteiger partial charge in [0.05, 0.1) is 4.90 Å². The van der Waals surface area contributed by atoms with E-state index < -0.39 is 10.0 Å². The molecule has 152 valence electrons. The molecule has 0 radical (unpaired) electrons. The molecule has 0 spiro atoms. The fourth-order valence-electron chi connectivity index (χ4n) is 3.84. The van der Waals surface area contributed by atoms with Crippen molar-refractivity contribution in [2.45, 2.75) is 37.5 Å². The fraction of sp³-hybridized carbons (Fsp3) is 0.333. The van der Waals surface area contributed by atoms with Gasteiger partial charge < -0.3 is 9.80 Å². The first-order chi connectivity index (χ1) is 13.9. The molecule has 4 rings (SSSR count). The molecule has 2 aromatic rings. The number of carbonyl (C=O) groups excluding carboxylic acids is 2. The third-order valence-electron chi connectivity index (χ3n) is 5.36. The lowest BCUT2D eigenvalue weighted by Gasteiger charge is -2.17. The maximum absolute atomic E-state index is 12.8. The third kappa shape index (κ3) is 3.72. The first-order valence-electron chi connectivity index (χ1n) is 9.75. The number of nitrogens with one attached hydrogen (secondary N) is 1. The van der Waals surface area contributed by atoms with Crippen LogP contribution in [0.25, 0.3) is 0 Å². The molecule has 8 heteroatoms. The molecule has 1 N–H and O–H groups in total. The highest BCUT2D eigenvalue weighted by Gasteiger charge is 2.26. The molecule has 0 unspecified atom stereocenters. The number of fused-ring (bicyclic) bond motifs is 1. The molecule has 1 saturated heterocycles. The highest BCUT2D eigenvalue weighted by Crippen LogP contribution is 2.31. The van der Waals surface area contributed by atoms with Crippen molar-refractivity contribution >= 4 is 38.9 Å². The molecule has 0 aliphatic carbocycles. The summed E-state index contributed by atoms with van der Waals surface area (Å²) in [7, 11) is -3.75. The minimum absolute atomic E-state index is 0.0362. The zero-order chi connectivity index (χ0) is 20.6. The quantitative estimate of drug-likeness (QED) is 0.817. The zero-order valence-corrected chi connectivity index (χ0v) is 17.0. The standard InChI is InChI=1S/C21H23N3O4S/c1-2-20(25)24-13-11-15-14-18(9-10-19(15)24)29(27,28)22-16-5-7-17(8-6-16)23-12-3-4-21(23)26/h5-10,14,22H,2-4,11-13H2,1H3. The van der Waals surface area contributed by atoms with Crippen LogP contribution in [0.15, 0.2) is 47.4 Å². The number of benzene rings is 2. The van der Waals surface area contributed by atoms with E-state index in [4.69, 9.17) is 0 Å². The molecule has 2 amide bonds. The molecule has 29 heavy (non-hydrogen) atoms. The summed E-state index contributed by atoms with van der Waals surface area (Å²) in [5.41, 5.74) is 2.85. The van der Waals surface area contributed by atoms with Crippen molar-refractivity contribution in [3.8, 4) is 0 Å². The van der Waals surface area contributed by atoms with Crippen LogP contribution in [0.5, 0.6) is 0 Å². The molecule has 0 saturated carbocycles. The highest BCUT2D eigenvalue weighted by atomic mass is 32.2. The number of hydrogen-bond donors (Lipinski definition) is 1. The molecule has 7 nitrogen and oxygen atoms in total. The average molecular weight is 413 g/mol. The Bertz CT molecular complexity index is 1060. The van der Waals surface area contributed by atoms with Gasteiger partial charge in [-0.2, -0.15) is 0 Å². The van der Waals surface area contributed by atoms with Gasteiger partial charge in [-0.25, -0.2) is 8.42 Å². The van der Waals surface area contributed by atoms with Gasteiger partial charge in [0.2, 0.25) is 11.8 Å². The summed E-state index contributed by atoms with van der Waals surface area (Å²) >= 11 is 0. The van der Waals surface area contributed by atoms with E-state index in [-0.39, 0.29) is 16.7 Å². The van der Waals surface area contributed by atoms with Crippen molar-refractivity contribution in [2.24, 2.45) is 0 Å². The number of rotatable bonds is 5. The Hall–Kier alpha value is -2.87. The van der Waals surface area contributed by atoms with E-state index in [9.17, 15) is 18.0 Å². The summed E-state index contributed by atoms with van der Waals surface area (Å²) in [4.78, 5) is 27.4. The Kier molecular flexibility index (Phi) is 5.04. The van der Waals surface area contributed by atoms with Gasteiger partial charge >= 0.3 is 0 Å². The number of amides is 2. The number of sulfonamides is 1. The summed E-state index contributed by atoms with van der Waals surface area (Å²) in [6.07, 6.45) is 2.45. The molecule has 2 aliphatic rings. The average Bonchev–Trinajstić information content (AvgIpc) is 3.33. The fourth-order valence-corrected chi connectivity index (χ4v) is 4.95. The number of carbonyl (C=O) groups is 2. The van der Waals surface area contributed by atoms with Crippen LogP contribution < -0.4 is 14.5 Å². The van der Waals surface area contributed by atoms with Crippen molar-refractivity contribution < 1.29 is 18.0 Å². The highest BCUT2D eigenvalue weighted by molar-refractivity contribution is 7.92. The van der Waals surface area contributed by atoms with Gasteiger partial charge in [0.1, 0.15) is 0 Å². The van der Waals surface area contributed by atoms with E-state index in [1.807, 2.05) is 6.92 Å². The van der Waals surface area contributed by atoms with Gasteiger partial charge in [-0.15, -0.1) is 0 Å². The molecule has 2 aliphatic heterocycles. The van der Waals surface area contributed by atoms with Crippen molar-refractivity contribution in [3.63, 3.8) is 0 Å². The van der Waals surface area contributed by atoms with Crippen molar-refractivity contribution in [3.05, 3.63) is 48.0 Å². The van der Waals surface area contributed by atoms with E-state index in [1.54, 1.807) is 46.2 Å². The Labute approximate surface area is 170 Å². The van der Waals surface area contributed by atoms with Gasteiger partial charge in [0.25, 0.3) is 10.0 Å². The van der Waals surface area contributed by atoms with Crippen LogP contribution in [0.3, 0.4) is 0 Å². The first-order valence-corrected chi connectivity index (χ1v) is 11.2. The van der Waals surface area contributed by atoms with Gasteiger partial charge in [0.15, 0.2) is 0 Å². The molecule has 1 fully saturated rings. The predicted molar refractivity (Wildman–Crippen MR) is 112 cm³/mol. The first kappa shape index (κ1) is 19.4. The lowest BCUT2D eigenvalue weighted by Crippen LogP contribution is -2.27. The smallest absolute Gasteiger partial charge is 0.261 e. The minimum Gasteiger partial charge on any atom is -0.312 e. The van der Waals surface area contributed by atoms with E-state index in [0.717, 1.165) is 23.4 Å². The zero-order valence-electron chi connectivity index (χ0n) is 16.2. The lowest BCUT2D eigenvalue weighted by atomic mass is 10.2. The predicted octanol–water partition coefficient (Wildman–Crippen LogP) is 2.91. The molecule has 2 heterocycles. The number of hydrogen-bond acceptors (Lipinski definition) is 4. The van der Waals surface area contributed by atoms with Gasteiger partial charge in [0, 0.05) is 43.0 Å². The molecule has 0 bridgehead atoms. The van der Waals surface area contributed by atoms with Gasteiger partial charge in [-0.05, 0) is 60.9 Å². The Morgan fingerprint density at radius 2 is 1.83 bits per heavy atom. The summed E-state index contributed by atoms with van der Waals surface area (Å²) in [6, 6.07) is 11.7. The SMILES string of the molecule is CCC(=O)N1CCc2cc(S(=O)(=O)Nc3ccc(N4CCCC4=O)cc3)ccc21. The largest absolute Gasteiger partial charge is 0.312 e. The van der Waals surface area contributed by atoms with Crippen LogP contribution >= 0.6 is 0 Å². The number of anilines is 3. The van der Waals surface area contributed by atoms with Crippen molar-refractivity contribution in [1.29, 1.82) is 0 Å². The van der Waals surface area contributed by atoms with E-state index >= 15 is 0 Å². The van der Waals surface area contributed by atoms with Crippen molar-refractivity contribution in [2.75, 3.05) is 27.6 Å². The topological polar surface area (TPSA) is 86.8 Å². The van der Waals surface area contributed by atoms with E-state index in [1.165, 1.54) is 6.07 Å². The second kappa shape index (κ2) is 7.51. The lowest BCUT2D eigenvalue weighted by molar-refractivity contribution is -0.118. The summed E-state index contributed by atoms with van der Waals surface area (Å²) in [5, 5.41) is 0.